The number of hydrogen-bond donors (Lipinski definition) is 1. The molecule has 25 heavy (non-hydrogen) atoms. The molecule has 5 nitrogen and oxygen atoms in total. The predicted octanol–water partition coefficient (Wildman–Crippen LogP) is 3.66. The first-order valence-electron chi connectivity index (χ1n) is 7.96. The zero-order valence-corrected chi connectivity index (χ0v) is 14.9. The lowest BCUT2D eigenvalue weighted by Gasteiger charge is -2.17. The zero-order chi connectivity index (χ0) is 17.8. The Morgan fingerprint density at radius 3 is 2.80 bits per heavy atom. The van der Waals surface area contributed by atoms with Crippen LogP contribution in [0.15, 0.2) is 48.7 Å². The Labute approximate surface area is 151 Å². The largest absolute Gasteiger partial charge is 0.310 e. The number of para-hydroxylation sites is 1. The minimum Gasteiger partial charge on any atom is -0.310 e. The van der Waals surface area contributed by atoms with E-state index in [9.17, 15) is 4.79 Å². The van der Waals surface area contributed by atoms with Crippen LogP contribution in [0.5, 0.6) is 0 Å². The maximum atomic E-state index is 12.2. The number of fused-ring (bicyclic) bond motifs is 1. The lowest BCUT2D eigenvalue weighted by molar-refractivity contribution is -0.117. The van der Waals surface area contributed by atoms with Crippen molar-refractivity contribution in [1.29, 1.82) is 0 Å². The van der Waals surface area contributed by atoms with E-state index in [1.165, 1.54) is 0 Å². The second-order valence-corrected chi connectivity index (χ2v) is 6.43. The van der Waals surface area contributed by atoms with Gasteiger partial charge in [-0.3, -0.25) is 9.69 Å². The van der Waals surface area contributed by atoms with Gasteiger partial charge in [-0.05, 0) is 37.7 Å². The molecule has 0 saturated carbocycles. The molecule has 0 radical (unpaired) electrons. The fourth-order valence-corrected chi connectivity index (χ4v) is 2.77. The van der Waals surface area contributed by atoms with E-state index >= 15 is 0 Å². The van der Waals surface area contributed by atoms with Gasteiger partial charge in [0.2, 0.25) is 5.91 Å². The first-order valence-corrected chi connectivity index (χ1v) is 8.34. The molecule has 2 aromatic heterocycles. The number of carbonyl (C=O) groups is 1. The third-order valence-electron chi connectivity index (χ3n) is 3.78. The highest BCUT2D eigenvalue weighted by Gasteiger charge is 2.11. The van der Waals surface area contributed by atoms with Gasteiger partial charge in [0.25, 0.3) is 0 Å². The Balaban J connectivity index is 1.63. The normalized spacial score (nSPS) is 11.0. The summed E-state index contributed by atoms with van der Waals surface area (Å²) in [4.78, 5) is 22.6. The van der Waals surface area contributed by atoms with Crippen molar-refractivity contribution in [2.45, 2.75) is 13.5 Å². The highest BCUT2D eigenvalue weighted by atomic mass is 35.5. The van der Waals surface area contributed by atoms with Crippen LogP contribution < -0.4 is 5.32 Å². The van der Waals surface area contributed by atoms with Crippen LogP contribution in [0, 0.1) is 6.92 Å². The molecular formula is C19H19ClN4O. The Morgan fingerprint density at radius 1 is 1.24 bits per heavy atom. The number of hydrogen-bond acceptors (Lipinski definition) is 4. The van der Waals surface area contributed by atoms with Crippen molar-refractivity contribution in [2.75, 3.05) is 18.9 Å². The molecule has 1 aromatic carbocycles. The number of likely N-dealkylation sites (N-methyl/N-ethyl adjacent to an activating group) is 1. The van der Waals surface area contributed by atoms with Gasteiger partial charge in [0.15, 0.2) is 0 Å². The number of anilines is 1. The van der Waals surface area contributed by atoms with Gasteiger partial charge in [-0.1, -0.05) is 35.9 Å². The summed E-state index contributed by atoms with van der Waals surface area (Å²) in [6, 6.07) is 13.5. The molecule has 0 bridgehead atoms. The molecule has 0 aliphatic heterocycles. The second kappa shape index (κ2) is 7.59. The van der Waals surface area contributed by atoms with E-state index in [2.05, 4.69) is 15.3 Å². The highest BCUT2D eigenvalue weighted by Crippen LogP contribution is 2.21. The van der Waals surface area contributed by atoms with Gasteiger partial charge in [-0.15, -0.1) is 0 Å². The van der Waals surface area contributed by atoms with Crippen LogP contribution >= 0.6 is 11.6 Å². The zero-order valence-electron chi connectivity index (χ0n) is 14.2. The van der Waals surface area contributed by atoms with E-state index in [1.54, 1.807) is 12.3 Å². The number of nitrogens with one attached hydrogen (secondary N) is 1. The third kappa shape index (κ3) is 4.53. The van der Waals surface area contributed by atoms with Crippen LogP contribution in [0.3, 0.4) is 0 Å². The number of rotatable bonds is 5. The first kappa shape index (κ1) is 17.3. The van der Waals surface area contributed by atoms with Crippen LogP contribution in [0.2, 0.25) is 5.15 Å². The Kier molecular flexibility index (Phi) is 5.26. The number of aryl methyl sites for hydroxylation is 1. The van der Waals surface area contributed by atoms with Gasteiger partial charge in [-0.2, -0.15) is 0 Å². The molecule has 1 N–H and O–H groups in total. The van der Waals surface area contributed by atoms with Gasteiger partial charge >= 0.3 is 0 Å². The van der Waals surface area contributed by atoms with E-state index in [-0.39, 0.29) is 12.5 Å². The number of halogens is 1. The summed E-state index contributed by atoms with van der Waals surface area (Å²) in [6.45, 7) is 2.72. The number of amides is 1. The number of benzene rings is 1. The number of carbonyl (C=O) groups excluding carboxylic acids is 1. The van der Waals surface area contributed by atoms with Gasteiger partial charge in [0.1, 0.15) is 11.0 Å². The minimum atomic E-state index is -0.122. The van der Waals surface area contributed by atoms with Crippen LogP contribution in [0.4, 0.5) is 5.82 Å². The Morgan fingerprint density at radius 2 is 2.04 bits per heavy atom. The molecule has 6 heteroatoms. The standard InChI is InChI=1S/C19H19ClN4O/c1-13-7-8-17(21-10-13)23-18(25)12-24(2)11-15-9-14-5-3-4-6-16(14)22-19(15)20/h3-10H,11-12H2,1-2H3,(H,21,23,25). The summed E-state index contributed by atoms with van der Waals surface area (Å²) in [5, 5.41) is 4.28. The SMILES string of the molecule is Cc1ccc(NC(=O)CN(C)Cc2cc3ccccc3nc2Cl)nc1. The molecule has 0 unspecified atom stereocenters. The van der Waals surface area contributed by atoms with Gasteiger partial charge in [0, 0.05) is 23.7 Å². The van der Waals surface area contributed by atoms with E-state index in [0.29, 0.717) is 17.5 Å². The van der Waals surface area contributed by atoms with E-state index < -0.39 is 0 Å². The molecule has 2 heterocycles. The van der Waals surface area contributed by atoms with Gasteiger partial charge in [-0.25, -0.2) is 9.97 Å². The molecule has 0 saturated heterocycles. The van der Waals surface area contributed by atoms with E-state index in [4.69, 9.17) is 11.6 Å². The summed E-state index contributed by atoms with van der Waals surface area (Å²) >= 11 is 6.28. The maximum absolute atomic E-state index is 12.2. The van der Waals surface area contributed by atoms with E-state index in [0.717, 1.165) is 22.0 Å². The smallest absolute Gasteiger partial charge is 0.239 e. The summed E-state index contributed by atoms with van der Waals surface area (Å²) in [6.07, 6.45) is 1.72. The third-order valence-corrected chi connectivity index (χ3v) is 4.11. The topological polar surface area (TPSA) is 58.1 Å². The highest BCUT2D eigenvalue weighted by molar-refractivity contribution is 6.30. The molecule has 0 aliphatic carbocycles. The molecule has 0 fully saturated rings. The summed E-state index contributed by atoms with van der Waals surface area (Å²) in [5.41, 5.74) is 2.81. The summed E-state index contributed by atoms with van der Waals surface area (Å²) < 4.78 is 0. The average Bonchev–Trinajstić information content (AvgIpc) is 2.57. The van der Waals surface area contributed by atoms with Crippen LogP contribution in [-0.4, -0.2) is 34.4 Å². The van der Waals surface area contributed by atoms with Crippen LogP contribution in [0.1, 0.15) is 11.1 Å². The van der Waals surface area contributed by atoms with Crippen molar-refractivity contribution >= 4 is 34.2 Å². The molecule has 128 valence electrons. The van der Waals surface area contributed by atoms with Crippen LogP contribution in [0.25, 0.3) is 10.9 Å². The first-order chi connectivity index (χ1) is 12.0. The minimum absolute atomic E-state index is 0.122. The molecule has 1 amide bonds. The second-order valence-electron chi connectivity index (χ2n) is 6.07. The molecule has 3 aromatic rings. The molecule has 0 spiro atoms. The summed E-state index contributed by atoms with van der Waals surface area (Å²) in [7, 11) is 1.87. The number of pyridine rings is 2. The van der Waals surface area contributed by atoms with Gasteiger partial charge in [0.05, 0.1) is 12.1 Å². The van der Waals surface area contributed by atoms with Crippen molar-refractivity contribution < 1.29 is 4.79 Å². The Bertz CT molecular complexity index is 896. The average molecular weight is 355 g/mol. The van der Waals surface area contributed by atoms with Crippen LogP contribution in [-0.2, 0) is 11.3 Å². The predicted molar refractivity (Wildman–Crippen MR) is 101 cm³/mol. The monoisotopic (exact) mass is 354 g/mol. The quantitative estimate of drug-likeness (QED) is 0.710. The van der Waals surface area contributed by atoms with E-state index in [1.807, 2.05) is 55.3 Å². The van der Waals surface area contributed by atoms with Gasteiger partial charge < -0.3 is 5.32 Å². The van der Waals surface area contributed by atoms with Crippen molar-refractivity contribution in [3.63, 3.8) is 0 Å². The fourth-order valence-electron chi connectivity index (χ4n) is 2.56. The van der Waals surface area contributed by atoms with Crippen molar-refractivity contribution in [3.05, 3.63) is 64.9 Å². The molecular weight excluding hydrogens is 336 g/mol. The molecule has 0 aliphatic rings. The van der Waals surface area contributed by atoms with Crippen molar-refractivity contribution in [3.8, 4) is 0 Å². The number of nitrogens with zero attached hydrogens (tertiary/aromatic N) is 3. The van der Waals surface area contributed by atoms with Crippen molar-refractivity contribution in [2.24, 2.45) is 0 Å². The summed E-state index contributed by atoms with van der Waals surface area (Å²) in [5.74, 6) is 0.429. The Hall–Kier alpha value is -2.50. The molecule has 0 atom stereocenters. The lowest BCUT2D eigenvalue weighted by Crippen LogP contribution is -2.30. The lowest BCUT2D eigenvalue weighted by atomic mass is 10.1. The maximum Gasteiger partial charge on any atom is 0.239 e. The fraction of sp³-hybridized carbons (Fsp3) is 0.211. The van der Waals surface area contributed by atoms with Crippen molar-refractivity contribution in [1.82, 2.24) is 14.9 Å². The number of aromatic nitrogens is 2. The molecule has 3 rings (SSSR count).